The lowest BCUT2D eigenvalue weighted by atomic mass is 9.33. The second kappa shape index (κ2) is 15.8. The fraction of sp³-hybridized carbons (Fsp3) is 0.200. The highest BCUT2D eigenvalue weighted by Gasteiger charge is 2.48. The molecule has 3 aliphatic rings. The summed E-state index contributed by atoms with van der Waals surface area (Å²) in [5, 5.41) is 9.29. The number of rotatable bonds is 6. The zero-order chi connectivity index (χ0) is 48.6. The van der Waals surface area contributed by atoms with Gasteiger partial charge in [0.05, 0.1) is 5.00 Å². The highest BCUT2D eigenvalue weighted by Crippen LogP contribution is 2.53. The molecule has 348 valence electrons. The lowest BCUT2D eigenvalue weighted by Gasteiger charge is -2.44. The molecular weight excluding hydrogens is 896 g/mol. The van der Waals surface area contributed by atoms with Crippen molar-refractivity contribution in [2.75, 3.05) is 9.80 Å². The Hall–Kier alpha value is -6.86. The van der Waals surface area contributed by atoms with Crippen LogP contribution in [-0.2, 0) is 16.2 Å². The summed E-state index contributed by atoms with van der Waals surface area (Å²) in [6.07, 6.45) is 2.22. The van der Waals surface area contributed by atoms with E-state index in [1.807, 2.05) is 11.3 Å². The Labute approximate surface area is 424 Å². The highest BCUT2D eigenvalue weighted by atomic mass is 32.1. The maximum absolute atomic E-state index is 7.23. The van der Waals surface area contributed by atoms with Crippen molar-refractivity contribution in [2.45, 2.75) is 84.5 Å². The Balaban J connectivity index is 1.11. The average molecular weight is 955 g/mol. The van der Waals surface area contributed by atoms with Crippen molar-refractivity contribution in [3.05, 3.63) is 211 Å². The molecule has 8 aromatic carbocycles. The molecule has 1 aliphatic carbocycles. The van der Waals surface area contributed by atoms with E-state index in [1.165, 1.54) is 103 Å². The Morgan fingerprint density at radius 2 is 1.11 bits per heavy atom. The number of aryl methyl sites for hydroxylation is 1. The van der Waals surface area contributed by atoms with Crippen molar-refractivity contribution >= 4 is 118 Å². The van der Waals surface area contributed by atoms with Gasteiger partial charge in [0.15, 0.2) is 8.07 Å². The second-order valence-corrected chi connectivity index (χ2v) is 27.7. The van der Waals surface area contributed by atoms with Gasteiger partial charge in [-0.1, -0.05) is 182 Å². The number of thiophene rings is 1. The fourth-order valence-corrected chi connectivity index (χ4v) is 18.9. The predicted octanol–water partition coefficient (Wildman–Crippen LogP) is 13.1. The molecule has 13 rings (SSSR count). The molecule has 0 atom stereocenters. The molecule has 0 radical (unpaired) electrons. The quantitative estimate of drug-likeness (QED) is 0.122. The zero-order valence-electron chi connectivity index (χ0n) is 42.1. The van der Waals surface area contributed by atoms with Gasteiger partial charge < -0.3 is 14.2 Å². The van der Waals surface area contributed by atoms with Crippen LogP contribution >= 0.6 is 11.3 Å². The van der Waals surface area contributed by atoms with Gasteiger partial charge in [-0.15, -0.1) is 11.3 Å². The van der Waals surface area contributed by atoms with Gasteiger partial charge in [-0.05, 0) is 139 Å². The zero-order valence-corrected chi connectivity index (χ0v) is 43.9. The van der Waals surface area contributed by atoms with E-state index < -0.39 is 8.07 Å². The first kappa shape index (κ1) is 44.1. The van der Waals surface area contributed by atoms with E-state index in [9.17, 15) is 0 Å². The summed E-state index contributed by atoms with van der Waals surface area (Å²) in [7, 11) is -2.86. The Kier molecular flexibility index (Phi) is 9.83. The van der Waals surface area contributed by atoms with Crippen LogP contribution in [0.25, 0.3) is 21.1 Å². The summed E-state index contributed by atoms with van der Waals surface area (Å²) in [5.41, 5.74) is 14.9. The Morgan fingerprint density at radius 3 is 1.75 bits per heavy atom. The number of furan rings is 1. The highest BCUT2D eigenvalue weighted by molar-refractivity contribution is 7.26. The van der Waals surface area contributed by atoms with Crippen molar-refractivity contribution in [1.82, 2.24) is 0 Å². The van der Waals surface area contributed by atoms with E-state index in [1.54, 1.807) is 0 Å². The largest absolute Gasteiger partial charge is 0.460 e. The van der Waals surface area contributed by atoms with Crippen LogP contribution < -0.4 is 46.9 Å². The smallest absolute Gasteiger partial charge is 0.254 e. The summed E-state index contributed by atoms with van der Waals surface area (Å²) >= 11 is 1.92. The molecule has 0 spiro atoms. The molecule has 0 fully saturated rings. The van der Waals surface area contributed by atoms with Gasteiger partial charge in [0.2, 0.25) is 0 Å². The van der Waals surface area contributed by atoms with Gasteiger partial charge in [0, 0.05) is 49.5 Å². The van der Waals surface area contributed by atoms with Crippen LogP contribution in [0.5, 0.6) is 0 Å². The molecule has 2 aromatic heterocycles. The number of nitrogens with zero attached hydrogens (tertiary/aromatic N) is 2. The number of hydrogen-bond donors (Lipinski definition) is 0. The molecule has 0 saturated heterocycles. The SMILES string of the molecule is Cc1cc2c3c(c1)N(c1cccc([Si](c4ccccc4)(c4ccccc4)c4ccccc4)c1)c1sc4ccccc4c1B3c1cc3oc4c(c3cc1N2c1ccc(C(C)(C)C)cc1)C(C)(C)CCC4(C)C. The van der Waals surface area contributed by atoms with E-state index in [-0.39, 0.29) is 23.0 Å². The van der Waals surface area contributed by atoms with E-state index in [0.29, 0.717) is 0 Å². The third kappa shape index (κ3) is 6.60. The molecule has 0 bridgehead atoms. The van der Waals surface area contributed by atoms with Crippen LogP contribution in [0.2, 0.25) is 0 Å². The third-order valence-electron chi connectivity index (χ3n) is 16.4. The molecule has 0 N–H and O–H groups in total. The average Bonchev–Trinajstić information content (AvgIpc) is 3.97. The van der Waals surface area contributed by atoms with Crippen LogP contribution in [0.3, 0.4) is 0 Å². The van der Waals surface area contributed by atoms with Crippen molar-refractivity contribution in [1.29, 1.82) is 0 Å². The minimum Gasteiger partial charge on any atom is -0.460 e. The standard InChI is InChI=1S/C65H59BN2OSSi/c1-42-37-54-60-55(38-42)68(45-21-20-28-49(39-45)71(46-22-12-9-13-23-46,47-24-14-10-15-25-47)48-26-16-11-17-27-48)62-59(50-29-18-19-30-57(50)70-62)66(60)52-41-56-51(58-61(69-56)65(7,8)36-35-64(58,5)6)40-53(52)67(54)44-33-31-43(32-34-44)63(2,3)4/h9-34,37-41H,35-36H2,1-8H3. The predicted molar refractivity (Wildman–Crippen MR) is 308 cm³/mol. The van der Waals surface area contributed by atoms with Gasteiger partial charge in [-0.3, -0.25) is 0 Å². The summed E-state index contributed by atoms with van der Waals surface area (Å²) in [6, 6.07) is 72.0. The van der Waals surface area contributed by atoms with Crippen molar-refractivity contribution in [3.63, 3.8) is 0 Å². The van der Waals surface area contributed by atoms with E-state index >= 15 is 0 Å². The van der Waals surface area contributed by atoms with Crippen LogP contribution in [-0.4, -0.2) is 14.8 Å². The maximum Gasteiger partial charge on any atom is 0.254 e. The van der Waals surface area contributed by atoms with Crippen LogP contribution in [0, 0.1) is 6.92 Å². The summed E-state index contributed by atoms with van der Waals surface area (Å²) in [5.74, 6) is 1.15. The Bertz CT molecular complexity index is 3620. The molecule has 0 saturated carbocycles. The molecular formula is C65H59BN2OSSi. The number of anilines is 6. The number of fused-ring (bicyclic) bond motifs is 9. The first-order chi connectivity index (χ1) is 34.2. The molecule has 2 aliphatic heterocycles. The molecule has 71 heavy (non-hydrogen) atoms. The summed E-state index contributed by atoms with van der Waals surface area (Å²) in [6.45, 7) is 18.8. The molecule has 0 unspecified atom stereocenters. The van der Waals surface area contributed by atoms with E-state index in [0.717, 1.165) is 24.2 Å². The second-order valence-electron chi connectivity index (χ2n) is 22.8. The van der Waals surface area contributed by atoms with E-state index in [2.05, 4.69) is 253 Å². The van der Waals surface area contributed by atoms with Gasteiger partial charge in [-0.2, -0.15) is 0 Å². The minimum atomic E-state index is -2.86. The lowest BCUT2D eigenvalue weighted by molar-refractivity contribution is 0.284. The van der Waals surface area contributed by atoms with Gasteiger partial charge in [-0.25, -0.2) is 0 Å². The first-order valence-corrected chi connectivity index (χ1v) is 28.3. The topological polar surface area (TPSA) is 19.6 Å². The van der Waals surface area contributed by atoms with Crippen molar-refractivity contribution < 1.29 is 4.42 Å². The molecule has 4 heterocycles. The first-order valence-electron chi connectivity index (χ1n) is 25.5. The van der Waals surface area contributed by atoms with Gasteiger partial charge >= 0.3 is 0 Å². The maximum atomic E-state index is 7.23. The van der Waals surface area contributed by atoms with E-state index in [4.69, 9.17) is 4.42 Å². The summed E-state index contributed by atoms with van der Waals surface area (Å²) < 4.78 is 8.53. The molecule has 0 amide bonds. The van der Waals surface area contributed by atoms with Crippen LogP contribution in [0.4, 0.5) is 33.4 Å². The number of hydrogen-bond acceptors (Lipinski definition) is 4. The molecule has 10 aromatic rings. The monoisotopic (exact) mass is 954 g/mol. The third-order valence-corrected chi connectivity index (χ3v) is 22.3. The minimum absolute atomic E-state index is 0.0154. The normalized spacial score (nSPS) is 15.6. The van der Waals surface area contributed by atoms with Crippen LogP contribution in [0.15, 0.2) is 192 Å². The van der Waals surface area contributed by atoms with Gasteiger partial charge in [0.1, 0.15) is 11.3 Å². The molecule has 3 nitrogen and oxygen atoms in total. The lowest BCUT2D eigenvalue weighted by Crippen LogP contribution is -2.74. The molecule has 6 heteroatoms. The van der Waals surface area contributed by atoms with Crippen LogP contribution in [0.1, 0.15) is 83.8 Å². The van der Waals surface area contributed by atoms with Crippen molar-refractivity contribution in [2.24, 2.45) is 0 Å². The Morgan fingerprint density at radius 1 is 0.535 bits per heavy atom. The fourth-order valence-electron chi connectivity index (χ4n) is 12.8. The summed E-state index contributed by atoms with van der Waals surface area (Å²) in [4.78, 5) is 5.23. The van der Waals surface area contributed by atoms with Gasteiger partial charge in [0.25, 0.3) is 6.71 Å². The van der Waals surface area contributed by atoms with Crippen molar-refractivity contribution in [3.8, 4) is 0 Å². The number of benzene rings is 8.